The smallest absolute Gasteiger partial charge is 0.127 e. The van der Waals surface area contributed by atoms with Gasteiger partial charge in [-0.15, -0.1) is 0 Å². The van der Waals surface area contributed by atoms with Crippen LogP contribution in [0.2, 0.25) is 0 Å². The highest BCUT2D eigenvalue weighted by atomic mass is 15.3. The minimum absolute atomic E-state index is 0.940. The van der Waals surface area contributed by atoms with Crippen molar-refractivity contribution in [2.24, 2.45) is 4.99 Å². The Bertz CT molecular complexity index is 233. The van der Waals surface area contributed by atoms with Gasteiger partial charge < -0.3 is 9.80 Å². The third-order valence-corrected chi connectivity index (χ3v) is 2.47. The van der Waals surface area contributed by atoms with Crippen molar-refractivity contribution < 1.29 is 0 Å². The van der Waals surface area contributed by atoms with E-state index in [1.54, 1.807) is 6.08 Å². The maximum Gasteiger partial charge on any atom is 0.127 e. The lowest BCUT2D eigenvalue weighted by Gasteiger charge is -2.22. The molecule has 0 N–H and O–H groups in total. The second kappa shape index (κ2) is 5.60. The first-order valence-corrected chi connectivity index (χ1v) is 5.01. The van der Waals surface area contributed by atoms with Gasteiger partial charge in [-0.1, -0.05) is 12.7 Å². The Balaban J connectivity index is 2.61. The van der Waals surface area contributed by atoms with Crippen molar-refractivity contribution in [1.82, 2.24) is 9.80 Å². The molecule has 1 aliphatic heterocycles. The van der Waals surface area contributed by atoms with Crippen LogP contribution in [-0.4, -0.2) is 49.7 Å². The quantitative estimate of drug-likeness (QED) is 0.498. The highest BCUT2D eigenvalue weighted by Gasteiger charge is 2.12. The lowest BCUT2D eigenvalue weighted by atomic mass is 10.4. The Morgan fingerprint density at radius 3 is 2.71 bits per heavy atom. The topological polar surface area (TPSA) is 18.8 Å². The molecule has 0 saturated carbocycles. The fourth-order valence-electron chi connectivity index (χ4n) is 1.64. The summed E-state index contributed by atoms with van der Waals surface area (Å²) in [5.41, 5.74) is 0. The molecule has 78 valence electrons. The van der Waals surface area contributed by atoms with E-state index >= 15 is 0 Å². The Morgan fingerprint density at radius 1 is 1.29 bits per heavy atom. The fraction of sp³-hybridized carbons (Fsp3) is 0.545. The maximum atomic E-state index is 4.02. The van der Waals surface area contributed by atoms with Crippen LogP contribution in [0.3, 0.4) is 0 Å². The zero-order valence-corrected chi connectivity index (χ0v) is 8.95. The molecule has 1 rings (SSSR count). The number of likely N-dealkylation sites (N-methyl/N-ethyl adjacent to an activating group) is 1. The molecule has 0 bridgehead atoms. The first-order chi connectivity index (χ1) is 6.77. The van der Waals surface area contributed by atoms with Gasteiger partial charge >= 0.3 is 0 Å². The molecule has 0 aromatic heterocycles. The molecule has 1 fully saturated rings. The van der Waals surface area contributed by atoms with Crippen molar-refractivity contribution in [1.29, 1.82) is 0 Å². The van der Waals surface area contributed by atoms with Gasteiger partial charge in [0.15, 0.2) is 0 Å². The summed E-state index contributed by atoms with van der Waals surface area (Å²) in [5.74, 6) is 0.940. The van der Waals surface area contributed by atoms with Gasteiger partial charge in [-0.25, -0.2) is 4.99 Å². The van der Waals surface area contributed by atoms with Gasteiger partial charge in [-0.2, -0.15) is 0 Å². The summed E-state index contributed by atoms with van der Waals surface area (Å²) in [6.45, 7) is 11.6. The second-order valence-electron chi connectivity index (χ2n) is 3.56. The van der Waals surface area contributed by atoms with Gasteiger partial charge in [0, 0.05) is 19.6 Å². The van der Waals surface area contributed by atoms with E-state index in [0.717, 1.165) is 32.0 Å². The van der Waals surface area contributed by atoms with Gasteiger partial charge in [0.2, 0.25) is 0 Å². The molecular formula is C11H19N3. The zero-order chi connectivity index (χ0) is 10.4. The molecule has 0 amide bonds. The van der Waals surface area contributed by atoms with Crippen molar-refractivity contribution in [3.8, 4) is 0 Å². The SMILES string of the molecule is C=CC=C(N=C)N1CCCN(C)CC1. The second-order valence-corrected chi connectivity index (χ2v) is 3.56. The van der Waals surface area contributed by atoms with Crippen molar-refractivity contribution in [2.75, 3.05) is 33.2 Å². The predicted molar refractivity (Wildman–Crippen MR) is 61.5 cm³/mol. The molecule has 0 spiro atoms. The first kappa shape index (κ1) is 11.0. The van der Waals surface area contributed by atoms with E-state index in [0.29, 0.717) is 0 Å². The lowest BCUT2D eigenvalue weighted by Crippen LogP contribution is -2.27. The molecule has 0 atom stereocenters. The van der Waals surface area contributed by atoms with Crippen molar-refractivity contribution in [3.63, 3.8) is 0 Å². The van der Waals surface area contributed by atoms with Crippen LogP contribution in [-0.2, 0) is 0 Å². The number of aliphatic imine (C=N–C) groups is 1. The largest absolute Gasteiger partial charge is 0.355 e. The van der Waals surface area contributed by atoms with Crippen LogP contribution in [0.5, 0.6) is 0 Å². The van der Waals surface area contributed by atoms with Crippen LogP contribution in [0.25, 0.3) is 0 Å². The highest BCUT2D eigenvalue weighted by molar-refractivity contribution is 5.29. The van der Waals surface area contributed by atoms with Crippen LogP contribution >= 0.6 is 0 Å². The Kier molecular flexibility index (Phi) is 4.40. The molecule has 14 heavy (non-hydrogen) atoms. The van der Waals surface area contributed by atoms with Gasteiger partial charge in [0.05, 0.1) is 0 Å². The third kappa shape index (κ3) is 3.00. The summed E-state index contributed by atoms with van der Waals surface area (Å²) < 4.78 is 0. The van der Waals surface area contributed by atoms with Crippen LogP contribution in [0.4, 0.5) is 0 Å². The number of rotatable bonds is 3. The maximum absolute atomic E-state index is 4.02. The average Bonchev–Trinajstić information content (AvgIpc) is 2.40. The fourth-order valence-corrected chi connectivity index (χ4v) is 1.64. The van der Waals surface area contributed by atoms with Gasteiger partial charge in [-0.3, -0.25) is 0 Å². The monoisotopic (exact) mass is 193 g/mol. The molecule has 3 nitrogen and oxygen atoms in total. The van der Waals surface area contributed by atoms with E-state index in [1.165, 1.54) is 6.42 Å². The van der Waals surface area contributed by atoms with Gasteiger partial charge in [0.1, 0.15) is 5.82 Å². The first-order valence-electron chi connectivity index (χ1n) is 5.01. The summed E-state index contributed by atoms with van der Waals surface area (Å²) in [6, 6.07) is 0. The summed E-state index contributed by atoms with van der Waals surface area (Å²) in [7, 11) is 2.15. The summed E-state index contributed by atoms with van der Waals surface area (Å²) in [6.07, 6.45) is 4.86. The molecule has 1 heterocycles. The normalized spacial score (nSPS) is 20.4. The predicted octanol–water partition coefficient (Wildman–Crippen LogP) is 1.35. The summed E-state index contributed by atoms with van der Waals surface area (Å²) in [5, 5.41) is 0. The van der Waals surface area contributed by atoms with Crippen molar-refractivity contribution in [2.45, 2.75) is 6.42 Å². The van der Waals surface area contributed by atoms with E-state index in [1.807, 2.05) is 6.08 Å². The Labute approximate surface area is 86.4 Å². The summed E-state index contributed by atoms with van der Waals surface area (Å²) in [4.78, 5) is 8.62. The number of nitrogens with zero attached hydrogens (tertiary/aromatic N) is 3. The Morgan fingerprint density at radius 2 is 2.07 bits per heavy atom. The van der Waals surface area contributed by atoms with Crippen LogP contribution in [0.1, 0.15) is 6.42 Å². The van der Waals surface area contributed by atoms with Crippen molar-refractivity contribution in [3.05, 3.63) is 24.6 Å². The molecule has 0 aliphatic carbocycles. The number of allylic oxidation sites excluding steroid dienone is 2. The number of hydrogen-bond acceptors (Lipinski definition) is 3. The van der Waals surface area contributed by atoms with E-state index < -0.39 is 0 Å². The third-order valence-electron chi connectivity index (χ3n) is 2.47. The standard InChI is InChI=1S/C11H19N3/c1-4-6-11(12-2)14-8-5-7-13(3)9-10-14/h4,6H,1-2,5,7-10H2,3H3. The Hall–Kier alpha value is -1.09. The molecular weight excluding hydrogens is 174 g/mol. The van der Waals surface area contributed by atoms with E-state index in [9.17, 15) is 0 Å². The molecule has 0 aromatic rings. The van der Waals surface area contributed by atoms with Gasteiger partial charge in [-0.05, 0) is 32.8 Å². The highest BCUT2D eigenvalue weighted by Crippen LogP contribution is 2.09. The van der Waals surface area contributed by atoms with E-state index in [2.05, 4.69) is 35.1 Å². The number of hydrogen-bond donors (Lipinski definition) is 0. The van der Waals surface area contributed by atoms with E-state index in [4.69, 9.17) is 0 Å². The zero-order valence-electron chi connectivity index (χ0n) is 8.95. The molecule has 3 heteroatoms. The van der Waals surface area contributed by atoms with Crippen molar-refractivity contribution >= 4 is 6.72 Å². The van der Waals surface area contributed by atoms with Crippen LogP contribution in [0.15, 0.2) is 29.5 Å². The van der Waals surface area contributed by atoms with E-state index in [-0.39, 0.29) is 0 Å². The molecule has 1 saturated heterocycles. The van der Waals surface area contributed by atoms with Crippen LogP contribution < -0.4 is 0 Å². The molecule has 0 radical (unpaired) electrons. The summed E-state index contributed by atoms with van der Waals surface area (Å²) >= 11 is 0. The molecule has 0 aromatic carbocycles. The van der Waals surface area contributed by atoms with Crippen LogP contribution in [0, 0.1) is 0 Å². The minimum Gasteiger partial charge on any atom is -0.355 e. The molecule has 1 aliphatic rings. The van der Waals surface area contributed by atoms with Gasteiger partial charge in [0.25, 0.3) is 0 Å². The minimum atomic E-state index is 0.940. The molecule has 0 unspecified atom stereocenters. The lowest BCUT2D eigenvalue weighted by molar-refractivity contribution is 0.324. The average molecular weight is 193 g/mol.